The Bertz CT molecular complexity index is 1540. The van der Waals surface area contributed by atoms with Gasteiger partial charge in [-0.05, 0) is 54.7 Å². The number of amides is 3. The molecule has 42 heavy (non-hydrogen) atoms. The number of nitrogens with one attached hydrogen (secondary N) is 2. The van der Waals surface area contributed by atoms with Gasteiger partial charge in [-0.2, -0.15) is 4.39 Å². The molecule has 1 saturated carbocycles. The Morgan fingerprint density at radius 2 is 1.76 bits per heavy atom. The lowest BCUT2D eigenvalue weighted by atomic mass is 9.88. The van der Waals surface area contributed by atoms with Gasteiger partial charge in [-0.25, -0.2) is 8.42 Å². The van der Waals surface area contributed by atoms with Gasteiger partial charge >= 0.3 is 0 Å². The summed E-state index contributed by atoms with van der Waals surface area (Å²) in [6, 6.07) is 12.3. The number of halogens is 1. The van der Waals surface area contributed by atoms with E-state index in [1.54, 1.807) is 24.3 Å². The predicted octanol–water partition coefficient (Wildman–Crippen LogP) is 2.40. The van der Waals surface area contributed by atoms with Gasteiger partial charge in [0.2, 0.25) is 26.8 Å². The quantitative estimate of drug-likeness (QED) is 0.451. The highest BCUT2D eigenvalue weighted by Crippen LogP contribution is 2.50. The molecule has 0 spiro atoms. The van der Waals surface area contributed by atoms with Crippen molar-refractivity contribution in [3.63, 3.8) is 0 Å². The first-order chi connectivity index (χ1) is 20.0. The van der Waals surface area contributed by atoms with Crippen LogP contribution in [0.4, 0.5) is 4.39 Å². The Balaban J connectivity index is 1.34. The topological polar surface area (TPSA) is 133 Å². The minimum atomic E-state index is -4.17. The van der Waals surface area contributed by atoms with Crippen LogP contribution >= 0.6 is 0 Å². The number of likely N-dealkylation sites (tertiary alicyclic amines) is 1. The van der Waals surface area contributed by atoms with E-state index in [1.165, 1.54) is 4.90 Å². The summed E-state index contributed by atoms with van der Waals surface area (Å²) in [6.07, 6.45) is 4.50. The summed E-state index contributed by atoms with van der Waals surface area (Å²) in [5.74, 6) is -2.02. The second-order valence-electron chi connectivity index (χ2n) is 11.9. The predicted molar refractivity (Wildman–Crippen MR) is 153 cm³/mol. The van der Waals surface area contributed by atoms with Crippen molar-refractivity contribution in [3.8, 4) is 11.1 Å². The third-order valence-corrected chi connectivity index (χ3v) is 10.2. The van der Waals surface area contributed by atoms with Crippen LogP contribution in [-0.4, -0.2) is 67.6 Å². The van der Waals surface area contributed by atoms with Gasteiger partial charge in [0, 0.05) is 36.4 Å². The largest absolute Gasteiger partial charge is 0.372 e. The number of nitrogens with zero attached hydrogens (tertiary/aromatic N) is 1. The van der Waals surface area contributed by atoms with Crippen molar-refractivity contribution in [2.45, 2.75) is 49.8 Å². The molecule has 2 saturated heterocycles. The molecular weight excluding hydrogens is 561 g/mol. The molecule has 3 N–H and O–H groups in total. The molecule has 2 aromatic carbocycles. The van der Waals surface area contributed by atoms with Gasteiger partial charge in [0.05, 0.1) is 6.04 Å². The Kier molecular flexibility index (Phi) is 7.21. The van der Waals surface area contributed by atoms with Crippen molar-refractivity contribution in [2.75, 3.05) is 19.3 Å². The van der Waals surface area contributed by atoms with Crippen molar-refractivity contribution < 1.29 is 32.3 Å². The maximum atomic E-state index is 14.6. The van der Waals surface area contributed by atoms with E-state index in [0.29, 0.717) is 30.5 Å². The van der Waals surface area contributed by atoms with Gasteiger partial charge in [-0.15, -0.1) is 0 Å². The van der Waals surface area contributed by atoms with E-state index in [4.69, 9.17) is 0 Å². The van der Waals surface area contributed by atoms with Crippen LogP contribution < -0.4 is 10.6 Å². The van der Waals surface area contributed by atoms with Crippen molar-refractivity contribution in [1.29, 1.82) is 0 Å². The van der Waals surface area contributed by atoms with Gasteiger partial charge in [0.15, 0.2) is 5.60 Å². The first-order valence-corrected chi connectivity index (χ1v) is 16.3. The molecule has 0 radical (unpaired) electrons. The summed E-state index contributed by atoms with van der Waals surface area (Å²) in [6.45, 7) is 0.732. The van der Waals surface area contributed by atoms with Crippen LogP contribution in [0.15, 0.2) is 59.8 Å². The Morgan fingerprint density at radius 1 is 1.12 bits per heavy atom. The Morgan fingerprint density at radius 3 is 2.36 bits per heavy atom. The first kappa shape index (κ1) is 28.5. The molecular formula is C31H34FN3O6S. The fraction of sp³-hybridized carbons (Fsp3) is 0.452. The monoisotopic (exact) mass is 595 g/mol. The molecule has 222 valence electrons. The van der Waals surface area contributed by atoms with Crippen LogP contribution in [0.3, 0.4) is 0 Å². The summed E-state index contributed by atoms with van der Waals surface area (Å²) in [4.78, 5) is 42.2. The summed E-state index contributed by atoms with van der Waals surface area (Å²) in [5.41, 5.74) is 0.418. The molecule has 9 nitrogen and oxygen atoms in total. The minimum absolute atomic E-state index is 0.0139. The van der Waals surface area contributed by atoms with E-state index in [0.717, 1.165) is 36.3 Å². The molecule has 2 aromatic rings. The van der Waals surface area contributed by atoms with E-state index < -0.39 is 50.4 Å². The van der Waals surface area contributed by atoms with E-state index in [1.807, 2.05) is 24.3 Å². The Hall–Kier alpha value is -3.57. The van der Waals surface area contributed by atoms with Crippen molar-refractivity contribution in [2.24, 2.45) is 17.8 Å². The SMILES string of the molecule is CS(=O)(=O)/C(F)=C\[C@@H](C[C@@H]1CCNC1=O)NC(=O)[C@H]1[C@H]2CCC[C@H]2CN1C(=O)C1(O)c2ccccc2-c2ccccc21. The molecule has 2 aliphatic heterocycles. The maximum absolute atomic E-state index is 14.6. The van der Waals surface area contributed by atoms with Crippen LogP contribution in [0.5, 0.6) is 0 Å². The molecule has 2 heterocycles. The molecule has 0 unspecified atom stereocenters. The molecule has 2 aliphatic carbocycles. The number of rotatable bonds is 7. The summed E-state index contributed by atoms with van der Waals surface area (Å²) < 4.78 is 38.4. The number of benzene rings is 2. The number of fused-ring (bicyclic) bond motifs is 4. The van der Waals surface area contributed by atoms with Crippen LogP contribution in [0.2, 0.25) is 0 Å². The lowest BCUT2D eigenvalue weighted by molar-refractivity contribution is -0.152. The minimum Gasteiger partial charge on any atom is -0.372 e. The average Bonchev–Trinajstić information content (AvgIpc) is 3.72. The van der Waals surface area contributed by atoms with Crippen LogP contribution in [0, 0.1) is 17.8 Å². The zero-order chi connectivity index (χ0) is 29.8. The molecule has 11 heteroatoms. The Labute approximate surface area is 244 Å². The third-order valence-electron chi connectivity index (χ3n) is 9.37. The summed E-state index contributed by atoms with van der Waals surface area (Å²) in [7, 11) is -4.17. The second-order valence-corrected chi connectivity index (χ2v) is 13.9. The molecule has 0 bridgehead atoms. The standard InChI is InChI=1S/C31H34FN3O6S/c1-42(40,41)26(32)16-20(15-18-13-14-33-28(18)36)34-29(37)27-21-10-6-7-19(21)17-35(27)30(38)31(39)24-11-4-2-8-22(24)23-9-3-5-12-25(23)31/h2-5,8-9,11-12,16,18-21,27,39H,6-7,10,13-15,17H2,1H3,(H,33,36)(H,34,37)/b26-16-/t18-,19-,20+,21-,27+/m0/s1. The number of hydrogen-bond acceptors (Lipinski definition) is 6. The molecule has 5 atom stereocenters. The van der Waals surface area contributed by atoms with Crippen molar-refractivity contribution in [3.05, 3.63) is 70.9 Å². The van der Waals surface area contributed by atoms with Crippen LogP contribution in [-0.2, 0) is 29.8 Å². The van der Waals surface area contributed by atoms with E-state index >= 15 is 0 Å². The number of aliphatic hydroxyl groups is 1. The lowest BCUT2D eigenvalue weighted by Crippen LogP contribution is -2.55. The number of carbonyl (C=O) groups excluding carboxylic acids is 3. The van der Waals surface area contributed by atoms with Gasteiger partial charge in [0.25, 0.3) is 5.91 Å². The molecule has 6 rings (SSSR count). The highest BCUT2D eigenvalue weighted by molar-refractivity contribution is 7.94. The molecule has 3 fully saturated rings. The van der Waals surface area contributed by atoms with Gasteiger partial charge in [-0.1, -0.05) is 55.0 Å². The summed E-state index contributed by atoms with van der Waals surface area (Å²) in [5, 5.41) is 16.3. The number of hydrogen-bond donors (Lipinski definition) is 3. The third kappa shape index (κ3) is 4.72. The fourth-order valence-electron chi connectivity index (χ4n) is 7.40. The highest BCUT2D eigenvalue weighted by atomic mass is 32.2. The van der Waals surface area contributed by atoms with E-state index in [2.05, 4.69) is 10.6 Å². The van der Waals surface area contributed by atoms with Gasteiger partial charge in [0.1, 0.15) is 6.04 Å². The normalized spacial score (nSPS) is 26.8. The smallest absolute Gasteiger partial charge is 0.264 e. The average molecular weight is 596 g/mol. The van der Waals surface area contributed by atoms with Gasteiger partial charge < -0.3 is 20.6 Å². The molecule has 3 amide bonds. The van der Waals surface area contributed by atoms with Crippen LogP contribution in [0.25, 0.3) is 11.1 Å². The number of sulfone groups is 1. The van der Waals surface area contributed by atoms with Crippen molar-refractivity contribution in [1.82, 2.24) is 15.5 Å². The maximum Gasteiger partial charge on any atom is 0.264 e. The van der Waals surface area contributed by atoms with Crippen LogP contribution in [0.1, 0.15) is 43.2 Å². The second kappa shape index (κ2) is 10.6. The fourth-order valence-corrected chi connectivity index (χ4v) is 7.81. The zero-order valence-electron chi connectivity index (χ0n) is 23.3. The first-order valence-electron chi connectivity index (χ1n) is 14.4. The van der Waals surface area contributed by atoms with Crippen molar-refractivity contribution >= 4 is 27.6 Å². The zero-order valence-corrected chi connectivity index (χ0v) is 24.1. The number of carbonyl (C=O) groups is 3. The highest BCUT2D eigenvalue weighted by Gasteiger charge is 2.56. The summed E-state index contributed by atoms with van der Waals surface area (Å²) >= 11 is 0. The lowest BCUT2D eigenvalue weighted by Gasteiger charge is -2.34. The van der Waals surface area contributed by atoms with Gasteiger partial charge in [-0.3, -0.25) is 14.4 Å². The van der Waals surface area contributed by atoms with E-state index in [-0.39, 0.29) is 30.7 Å². The molecule has 4 aliphatic rings. The molecule has 0 aromatic heterocycles. The van der Waals surface area contributed by atoms with E-state index in [9.17, 15) is 32.3 Å².